The van der Waals surface area contributed by atoms with E-state index >= 15 is 0 Å². The molecule has 4 nitrogen and oxygen atoms in total. The van der Waals surface area contributed by atoms with E-state index in [4.69, 9.17) is 4.03 Å². The predicted octanol–water partition coefficient (Wildman–Crippen LogP) is 0.469. The fourth-order valence-electron chi connectivity index (χ4n) is 0.346. The van der Waals surface area contributed by atoms with E-state index in [1.54, 1.807) is 20.8 Å². The quantitative estimate of drug-likeness (QED) is 0.625. The number of hydrogen-bond acceptors (Lipinski definition) is 3. The summed E-state index contributed by atoms with van der Waals surface area (Å²) in [5, 5.41) is 0. The van der Waals surface area contributed by atoms with Gasteiger partial charge < -0.3 is 0 Å². The Morgan fingerprint density at radius 3 is 1.67 bits per heavy atom. The first-order chi connectivity index (χ1) is 3.71. The summed E-state index contributed by atoms with van der Waals surface area (Å²) in [5.41, 5.74) is -0.814. The summed E-state index contributed by atoms with van der Waals surface area (Å²) in [6.45, 7) is 4.65. The van der Waals surface area contributed by atoms with E-state index in [2.05, 4.69) is 3.66 Å². The first-order valence-electron chi connectivity index (χ1n) is 2.45. The summed E-state index contributed by atoms with van der Waals surface area (Å²) in [4.78, 5) is 0. The Balaban J connectivity index is 4.07. The van der Waals surface area contributed by atoms with Gasteiger partial charge in [-0.15, -0.1) is 0 Å². The van der Waals surface area contributed by atoms with Crippen LogP contribution < -0.4 is 0 Å². The molecule has 0 unspecified atom stereocenters. The van der Waals surface area contributed by atoms with Crippen molar-refractivity contribution >= 4 is 0 Å². The minimum absolute atomic E-state index is 0.814. The van der Waals surface area contributed by atoms with Crippen molar-refractivity contribution in [2.75, 3.05) is 0 Å². The van der Waals surface area contributed by atoms with Gasteiger partial charge in [0.15, 0.2) is 0 Å². The van der Waals surface area contributed by atoms with Crippen LogP contribution in [0.4, 0.5) is 0 Å². The summed E-state index contributed by atoms with van der Waals surface area (Å²) < 4.78 is 32.6. The summed E-state index contributed by atoms with van der Waals surface area (Å²) in [7, 11) is 0. The Bertz CT molecular complexity index is 173. The molecule has 0 spiro atoms. The van der Waals surface area contributed by atoms with Crippen LogP contribution in [-0.4, -0.2) is 9.63 Å². The molecule has 0 fully saturated rings. The summed E-state index contributed by atoms with van der Waals surface area (Å²) >= 11 is -5.10. The molecule has 0 aromatic rings. The van der Waals surface area contributed by atoms with E-state index in [1.807, 2.05) is 0 Å². The maximum atomic E-state index is 10.1. The van der Waals surface area contributed by atoms with Crippen molar-refractivity contribution in [1.82, 2.24) is 0 Å². The molecule has 1 N–H and O–H groups in total. The first kappa shape index (κ1) is 9.10. The van der Waals surface area contributed by atoms with Gasteiger partial charge in [0.2, 0.25) is 0 Å². The normalized spacial score (nSPS) is 13.8. The van der Waals surface area contributed by atoms with Gasteiger partial charge in [0, 0.05) is 0 Å². The molecule has 0 aromatic heterocycles. The Kier molecular flexibility index (Phi) is 2.41. The fraction of sp³-hybridized carbons (Fsp3) is 1.00. The van der Waals surface area contributed by atoms with Crippen LogP contribution in [0.15, 0.2) is 0 Å². The van der Waals surface area contributed by atoms with Gasteiger partial charge >= 0.3 is 56.0 Å². The Morgan fingerprint density at radius 2 is 1.67 bits per heavy atom. The molecule has 0 aliphatic rings. The Hall–Kier alpha value is 0.104. The van der Waals surface area contributed by atoms with E-state index in [0.717, 1.165) is 0 Å². The molecule has 0 rings (SSSR count). The molecule has 0 heterocycles. The van der Waals surface area contributed by atoms with E-state index < -0.39 is 20.2 Å². The maximum absolute atomic E-state index is 10.1. The third-order valence-electron chi connectivity index (χ3n) is 0.389. The molecule has 0 aromatic carbocycles. The summed E-state index contributed by atoms with van der Waals surface area (Å²) in [6.07, 6.45) is 0. The van der Waals surface area contributed by atoms with Crippen molar-refractivity contribution in [3.8, 4) is 0 Å². The van der Waals surface area contributed by atoms with Crippen LogP contribution in [0.1, 0.15) is 20.8 Å². The van der Waals surface area contributed by atoms with Gasteiger partial charge in [-0.2, -0.15) is 0 Å². The zero-order valence-electron chi connectivity index (χ0n) is 5.62. The van der Waals surface area contributed by atoms with Gasteiger partial charge in [-0.05, 0) is 0 Å². The molecule has 0 bridgehead atoms. The molecule has 5 heteroatoms. The van der Waals surface area contributed by atoms with Crippen LogP contribution in [0.5, 0.6) is 0 Å². The standard InChI is InChI=1S/C4H9O.H2O.2O.V/c1-4(2,3)5;;;;/h1-3H3;1H2;;;/q-1;;;;+2/p-1. The number of rotatable bonds is 1. The van der Waals surface area contributed by atoms with Crippen molar-refractivity contribution in [2.45, 2.75) is 26.4 Å². The van der Waals surface area contributed by atoms with E-state index in [9.17, 15) is 7.35 Å². The van der Waals surface area contributed by atoms with Crippen molar-refractivity contribution in [3.05, 3.63) is 0 Å². The van der Waals surface area contributed by atoms with Crippen LogP contribution in [-0.2, 0) is 25.6 Å². The van der Waals surface area contributed by atoms with Crippen LogP contribution in [0, 0.1) is 0 Å². The number of hydrogen-bond donors (Lipinski definition) is 1. The van der Waals surface area contributed by atoms with Crippen LogP contribution in [0.25, 0.3) is 0 Å². The van der Waals surface area contributed by atoms with Gasteiger partial charge in [0.05, 0.1) is 0 Å². The molecule has 0 aliphatic carbocycles. The van der Waals surface area contributed by atoms with Gasteiger partial charge in [-0.3, -0.25) is 0 Å². The molecule has 0 saturated heterocycles. The van der Waals surface area contributed by atoms with Crippen LogP contribution in [0.3, 0.4) is 0 Å². The zero-order valence-corrected chi connectivity index (χ0v) is 7.02. The second-order valence-electron chi connectivity index (χ2n) is 2.67. The van der Waals surface area contributed by atoms with Gasteiger partial charge in [-0.25, -0.2) is 0 Å². The fourth-order valence-corrected chi connectivity index (χ4v) is 1.43. The monoisotopic (exact) mass is 173 g/mol. The van der Waals surface area contributed by atoms with Crippen molar-refractivity contribution < 1.29 is 29.7 Å². The van der Waals surface area contributed by atoms with E-state index in [1.165, 1.54) is 0 Å². The molecule has 0 aliphatic heterocycles. The van der Waals surface area contributed by atoms with Gasteiger partial charge in [0.1, 0.15) is 0 Å². The van der Waals surface area contributed by atoms with Crippen LogP contribution in [0.2, 0.25) is 0 Å². The van der Waals surface area contributed by atoms with Crippen LogP contribution >= 0.6 is 0 Å². The third-order valence-corrected chi connectivity index (χ3v) is 1.60. The van der Waals surface area contributed by atoms with Crippen molar-refractivity contribution in [1.29, 1.82) is 0 Å². The second-order valence-corrected chi connectivity index (χ2v) is 4.42. The average molecular weight is 173 g/mol. The van der Waals surface area contributed by atoms with Crippen molar-refractivity contribution in [2.24, 2.45) is 0 Å². The molecule has 0 radical (unpaired) electrons. The topological polar surface area (TPSA) is 63.6 Å². The molecular formula is C4H10O4V. The van der Waals surface area contributed by atoms with Gasteiger partial charge in [-0.1, -0.05) is 0 Å². The molecule has 9 heavy (non-hydrogen) atoms. The predicted molar refractivity (Wildman–Crippen MR) is 24.4 cm³/mol. The molecule has 0 amide bonds. The molecular weight excluding hydrogens is 163 g/mol. The SMILES string of the molecule is CC(C)(C)[O][V](=[O])(=[O])[OH]. The molecule has 0 atom stereocenters. The van der Waals surface area contributed by atoms with E-state index in [-0.39, 0.29) is 0 Å². The Labute approximate surface area is 56.6 Å². The average Bonchev–Trinajstić information content (AvgIpc) is 1.14. The summed E-state index contributed by atoms with van der Waals surface area (Å²) in [5.74, 6) is 0. The molecule has 55 valence electrons. The first-order valence-corrected chi connectivity index (χ1v) is 4.79. The molecule has 0 saturated carbocycles. The van der Waals surface area contributed by atoms with E-state index in [0.29, 0.717) is 0 Å². The minimum atomic E-state index is -5.10. The van der Waals surface area contributed by atoms with Gasteiger partial charge in [0.25, 0.3) is 0 Å². The summed E-state index contributed by atoms with van der Waals surface area (Å²) in [6, 6.07) is 0. The Morgan fingerprint density at radius 1 is 1.33 bits per heavy atom. The third kappa shape index (κ3) is 8.10. The zero-order chi connectivity index (χ0) is 7.71. The van der Waals surface area contributed by atoms with Crippen molar-refractivity contribution in [3.63, 3.8) is 0 Å². The second kappa shape index (κ2) is 2.38.